The first kappa shape index (κ1) is 23.8. The first-order valence-corrected chi connectivity index (χ1v) is 8.66. The summed E-state index contributed by atoms with van der Waals surface area (Å²) in [4.78, 5) is 12.9. The van der Waals surface area contributed by atoms with Crippen molar-refractivity contribution in [1.82, 2.24) is 0 Å². The minimum atomic E-state index is -0.548. The lowest BCUT2D eigenvalue weighted by molar-refractivity contribution is 0.459. The molecule has 0 heterocycles. The molecule has 5 heteroatoms. The Hall–Kier alpha value is -2.17. The standard InChI is InChI=1S/C21H31F2N3/c1-17(23)10-7-8-14-25-20(4)21(5,6)16-26-19(3)12-9-11-18(2)24-15-13-22/h7-8,11,14-15H,1,4,9-10,12-13,16H2,2-3,5-6H3/b8-7+,18-11+,24-15?,25-14?,26-19?. The molecule has 0 saturated carbocycles. The molecule has 0 aromatic rings. The van der Waals surface area contributed by atoms with Crippen LogP contribution in [0.15, 0.2) is 63.6 Å². The van der Waals surface area contributed by atoms with Gasteiger partial charge in [-0.3, -0.25) is 15.0 Å². The normalized spacial score (nSPS) is 14.1. The van der Waals surface area contributed by atoms with E-state index in [4.69, 9.17) is 0 Å². The number of allylic oxidation sites excluding steroid dienone is 5. The molecule has 0 unspecified atom stereocenters. The number of rotatable bonds is 12. The van der Waals surface area contributed by atoms with E-state index >= 15 is 0 Å². The predicted molar refractivity (Wildman–Crippen MR) is 111 cm³/mol. The summed E-state index contributed by atoms with van der Waals surface area (Å²) in [5.74, 6) is -0.377. The second-order valence-corrected chi connectivity index (χ2v) is 6.66. The van der Waals surface area contributed by atoms with Crippen molar-refractivity contribution in [1.29, 1.82) is 0 Å². The molecule has 0 fully saturated rings. The van der Waals surface area contributed by atoms with E-state index in [1.807, 2.05) is 33.8 Å². The summed E-state index contributed by atoms with van der Waals surface area (Å²) in [6, 6.07) is 0. The van der Waals surface area contributed by atoms with Crippen LogP contribution in [-0.2, 0) is 0 Å². The van der Waals surface area contributed by atoms with Crippen molar-refractivity contribution in [2.45, 2.75) is 47.0 Å². The average molecular weight is 363 g/mol. The summed E-state index contributed by atoms with van der Waals surface area (Å²) < 4.78 is 24.5. The molecule has 26 heavy (non-hydrogen) atoms. The van der Waals surface area contributed by atoms with E-state index in [-0.39, 0.29) is 17.7 Å². The van der Waals surface area contributed by atoms with Crippen LogP contribution < -0.4 is 0 Å². The molecule has 0 aromatic carbocycles. The van der Waals surface area contributed by atoms with Crippen molar-refractivity contribution in [3.63, 3.8) is 0 Å². The van der Waals surface area contributed by atoms with Gasteiger partial charge in [0.05, 0.1) is 5.83 Å². The molecule has 0 atom stereocenters. The lowest BCUT2D eigenvalue weighted by atomic mass is 9.90. The van der Waals surface area contributed by atoms with Crippen molar-refractivity contribution >= 4 is 18.1 Å². The molecule has 0 radical (unpaired) electrons. The Morgan fingerprint density at radius 2 is 1.85 bits per heavy atom. The van der Waals surface area contributed by atoms with Crippen LogP contribution in [0.25, 0.3) is 0 Å². The van der Waals surface area contributed by atoms with Gasteiger partial charge < -0.3 is 0 Å². The molecule has 0 aliphatic rings. The van der Waals surface area contributed by atoms with Gasteiger partial charge in [-0.2, -0.15) is 0 Å². The van der Waals surface area contributed by atoms with Crippen LogP contribution in [0.1, 0.15) is 47.0 Å². The minimum Gasteiger partial charge on any atom is -0.293 e. The van der Waals surface area contributed by atoms with Crippen LogP contribution in [0.3, 0.4) is 0 Å². The highest BCUT2D eigenvalue weighted by atomic mass is 19.1. The Bertz CT molecular complexity index is 609. The smallest absolute Gasteiger partial charge is 0.125 e. The van der Waals surface area contributed by atoms with E-state index in [2.05, 4.69) is 28.1 Å². The zero-order valence-electron chi connectivity index (χ0n) is 16.4. The van der Waals surface area contributed by atoms with Gasteiger partial charge in [-0.05, 0) is 32.8 Å². The number of halogens is 2. The fourth-order valence-corrected chi connectivity index (χ4v) is 1.79. The lowest BCUT2D eigenvalue weighted by Crippen LogP contribution is -2.18. The molecule has 0 rings (SSSR count). The molecule has 0 spiro atoms. The molecule has 0 aromatic heterocycles. The van der Waals surface area contributed by atoms with Crippen LogP contribution in [-0.4, -0.2) is 31.4 Å². The lowest BCUT2D eigenvalue weighted by Gasteiger charge is -2.22. The van der Waals surface area contributed by atoms with Gasteiger partial charge in [-0.15, -0.1) is 0 Å². The van der Waals surface area contributed by atoms with E-state index in [0.717, 1.165) is 24.3 Å². The highest BCUT2D eigenvalue weighted by Gasteiger charge is 2.20. The fraction of sp³-hybridized carbons (Fsp3) is 0.476. The van der Waals surface area contributed by atoms with E-state index in [1.54, 1.807) is 18.4 Å². The molecule has 0 bridgehead atoms. The van der Waals surface area contributed by atoms with Crippen LogP contribution in [0, 0.1) is 5.41 Å². The Morgan fingerprint density at radius 1 is 1.15 bits per heavy atom. The van der Waals surface area contributed by atoms with Crippen molar-refractivity contribution in [3.05, 3.63) is 48.6 Å². The molecular formula is C21H31F2N3. The summed E-state index contributed by atoms with van der Waals surface area (Å²) in [5, 5.41) is 0. The van der Waals surface area contributed by atoms with Crippen molar-refractivity contribution in [3.8, 4) is 0 Å². The monoisotopic (exact) mass is 363 g/mol. The van der Waals surface area contributed by atoms with Crippen LogP contribution in [0.2, 0.25) is 0 Å². The summed E-state index contributed by atoms with van der Waals surface area (Å²) >= 11 is 0. The van der Waals surface area contributed by atoms with Gasteiger partial charge >= 0.3 is 0 Å². The second-order valence-electron chi connectivity index (χ2n) is 6.66. The average Bonchev–Trinajstić information content (AvgIpc) is 2.57. The van der Waals surface area contributed by atoms with Gasteiger partial charge in [-0.25, -0.2) is 8.78 Å². The van der Waals surface area contributed by atoms with Crippen LogP contribution >= 0.6 is 0 Å². The molecule has 0 aliphatic heterocycles. The quantitative estimate of drug-likeness (QED) is 0.370. The molecule has 144 valence electrons. The number of nitrogens with zero attached hydrogens (tertiary/aromatic N) is 3. The highest BCUT2D eigenvalue weighted by Crippen LogP contribution is 2.26. The Kier molecular flexibility index (Phi) is 12.0. The van der Waals surface area contributed by atoms with E-state index in [9.17, 15) is 8.78 Å². The second kappa shape index (κ2) is 13.1. The minimum absolute atomic E-state index is 0.193. The molecular weight excluding hydrogens is 332 g/mol. The van der Waals surface area contributed by atoms with Crippen molar-refractivity contribution in [2.75, 3.05) is 13.2 Å². The molecule has 3 nitrogen and oxygen atoms in total. The summed E-state index contributed by atoms with van der Waals surface area (Å²) in [6.07, 6.45) is 10.00. The number of alkyl halides is 1. The SMILES string of the molecule is C=C(F)C/C=C/C=NC(=C)C(C)(C)CN=C(C)CC/C=C(\C)N=CCF. The van der Waals surface area contributed by atoms with Gasteiger partial charge in [0.2, 0.25) is 0 Å². The Labute approximate surface area is 156 Å². The summed E-state index contributed by atoms with van der Waals surface area (Å²) in [7, 11) is 0. The molecule has 0 amide bonds. The number of aliphatic imine (C=N–C) groups is 3. The van der Waals surface area contributed by atoms with E-state index in [0.29, 0.717) is 12.2 Å². The Balaban J connectivity index is 4.50. The van der Waals surface area contributed by atoms with Crippen LogP contribution in [0.4, 0.5) is 8.78 Å². The zero-order valence-corrected chi connectivity index (χ0v) is 16.4. The van der Waals surface area contributed by atoms with Gasteiger partial charge in [0, 0.05) is 47.9 Å². The number of hydrogen-bond acceptors (Lipinski definition) is 3. The van der Waals surface area contributed by atoms with E-state index in [1.165, 1.54) is 6.21 Å². The molecule has 0 N–H and O–H groups in total. The maximum Gasteiger partial charge on any atom is 0.125 e. The fourth-order valence-electron chi connectivity index (χ4n) is 1.79. The third kappa shape index (κ3) is 12.2. The summed E-state index contributed by atoms with van der Waals surface area (Å²) in [6.45, 7) is 15.1. The molecule has 0 aliphatic carbocycles. The first-order chi connectivity index (χ1) is 12.2. The third-order valence-corrected chi connectivity index (χ3v) is 3.63. The van der Waals surface area contributed by atoms with Gasteiger partial charge in [0.1, 0.15) is 6.67 Å². The van der Waals surface area contributed by atoms with Crippen molar-refractivity contribution in [2.24, 2.45) is 20.4 Å². The van der Waals surface area contributed by atoms with E-state index < -0.39 is 6.67 Å². The maximum absolute atomic E-state index is 12.5. The van der Waals surface area contributed by atoms with Gasteiger partial charge in [0.15, 0.2) is 0 Å². The van der Waals surface area contributed by atoms with Crippen molar-refractivity contribution < 1.29 is 8.78 Å². The highest BCUT2D eigenvalue weighted by molar-refractivity contribution is 5.82. The van der Waals surface area contributed by atoms with Crippen LogP contribution in [0.5, 0.6) is 0 Å². The van der Waals surface area contributed by atoms with Gasteiger partial charge in [-0.1, -0.05) is 39.2 Å². The molecule has 0 saturated heterocycles. The number of hydrogen-bond donors (Lipinski definition) is 0. The first-order valence-electron chi connectivity index (χ1n) is 8.66. The Morgan fingerprint density at radius 3 is 2.46 bits per heavy atom. The predicted octanol–water partition coefficient (Wildman–Crippen LogP) is 6.21. The summed E-state index contributed by atoms with van der Waals surface area (Å²) in [5.41, 5.74) is 2.29. The maximum atomic E-state index is 12.5. The zero-order chi connectivity index (χ0) is 20.0. The largest absolute Gasteiger partial charge is 0.293 e. The third-order valence-electron chi connectivity index (χ3n) is 3.63. The van der Waals surface area contributed by atoms with Gasteiger partial charge in [0.25, 0.3) is 0 Å². The topological polar surface area (TPSA) is 37.1 Å².